The summed E-state index contributed by atoms with van der Waals surface area (Å²) >= 11 is 0. The minimum absolute atomic E-state index is 0.00697. The van der Waals surface area contributed by atoms with E-state index in [0.29, 0.717) is 24.0 Å². The van der Waals surface area contributed by atoms with Gasteiger partial charge in [0.1, 0.15) is 28.8 Å². The van der Waals surface area contributed by atoms with Crippen LogP contribution >= 0.6 is 0 Å². The zero-order valence-corrected chi connectivity index (χ0v) is 23.9. The van der Waals surface area contributed by atoms with Crippen LogP contribution in [0.5, 0.6) is 0 Å². The first-order valence-corrected chi connectivity index (χ1v) is 13.9. The second-order valence-corrected chi connectivity index (χ2v) is 10.5. The summed E-state index contributed by atoms with van der Waals surface area (Å²) in [6, 6.07) is 3.82. The first-order valence-electron chi connectivity index (χ1n) is 13.9. The van der Waals surface area contributed by atoms with E-state index in [1.807, 2.05) is 36.3 Å². The van der Waals surface area contributed by atoms with Crippen LogP contribution in [0.25, 0.3) is 16.9 Å². The van der Waals surface area contributed by atoms with Crippen molar-refractivity contribution in [3.63, 3.8) is 0 Å². The highest BCUT2D eigenvalue weighted by Crippen LogP contribution is 2.30. The first-order chi connectivity index (χ1) is 20.4. The van der Waals surface area contributed by atoms with E-state index < -0.39 is 0 Å². The van der Waals surface area contributed by atoms with Crippen LogP contribution in [0, 0.1) is 0 Å². The zero-order chi connectivity index (χ0) is 29.2. The molecule has 0 aromatic carbocycles. The molecule has 4 aromatic heterocycles. The average molecular weight is 574 g/mol. The molecule has 6 heterocycles. The number of aliphatic hydroxyl groups is 2. The monoisotopic (exact) mass is 573 g/mol. The highest BCUT2D eigenvalue weighted by atomic mass is 16.5. The standard InChI is InChI=1S/C28H35N11O3/c1-19(5-11-40)27-33-26(21-14-20(36(3)34-21)16-37-9-12-42-13-10-37)22-15-30-24(17-39(22)27)31-23-4-6-29-28(32-23)38-8-7-35(2)18-25(38)41/h4,6-8,14-15,17-19,40-41H,5,9-13,16H2,1-3H3,(H,29,31,32)/t19-/m0/s1. The lowest BCUT2D eigenvalue weighted by atomic mass is 10.1. The lowest BCUT2D eigenvalue weighted by Crippen LogP contribution is -2.36. The molecular formula is C28H35N11O3. The molecule has 1 saturated heterocycles. The Kier molecular flexibility index (Phi) is 7.73. The molecule has 4 aromatic rings. The van der Waals surface area contributed by atoms with Gasteiger partial charge in [0.05, 0.1) is 43.0 Å². The normalized spacial score (nSPS) is 16.7. The fraction of sp³-hybridized carbons (Fsp3) is 0.393. The molecule has 14 heteroatoms. The predicted octanol–water partition coefficient (Wildman–Crippen LogP) is 2.56. The number of aryl methyl sites for hydroxylation is 1. The van der Waals surface area contributed by atoms with Crippen molar-refractivity contribution in [3.8, 4) is 11.4 Å². The van der Waals surface area contributed by atoms with Crippen LogP contribution in [-0.2, 0) is 18.3 Å². The fourth-order valence-electron chi connectivity index (χ4n) is 5.06. The van der Waals surface area contributed by atoms with Crippen molar-refractivity contribution in [2.24, 2.45) is 7.05 Å². The average Bonchev–Trinajstić information content (AvgIpc) is 3.54. The van der Waals surface area contributed by atoms with Crippen LogP contribution in [0.15, 0.2) is 55.2 Å². The van der Waals surface area contributed by atoms with E-state index in [2.05, 4.69) is 31.2 Å². The molecule has 42 heavy (non-hydrogen) atoms. The van der Waals surface area contributed by atoms with Crippen LogP contribution in [0.2, 0.25) is 0 Å². The summed E-state index contributed by atoms with van der Waals surface area (Å²) in [5.41, 5.74) is 3.43. The summed E-state index contributed by atoms with van der Waals surface area (Å²) in [7, 11) is 3.77. The number of anilines is 3. The molecule has 0 aliphatic carbocycles. The lowest BCUT2D eigenvalue weighted by Gasteiger charge is -2.26. The van der Waals surface area contributed by atoms with Gasteiger partial charge < -0.3 is 25.2 Å². The van der Waals surface area contributed by atoms with Crippen molar-refractivity contribution in [2.45, 2.75) is 25.8 Å². The second-order valence-electron chi connectivity index (χ2n) is 10.5. The highest BCUT2D eigenvalue weighted by Gasteiger charge is 2.22. The van der Waals surface area contributed by atoms with Gasteiger partial charge in [-0.1, -0.05) is 6.92 Å². The number of imidazole rings is 1. The quantitative estimate of drug-likeness (QED) is 0.271. The van der Waals surface area contributed by atoms with Crippen LogP contribution in [0.4, 0.5) is 17.6 Å². The fourth-order valence-corrected chi connectivity index (χ4v) is 5.06. The molecule has 1 atom stereocenters. The molecule has 2 aliphatic rings. The number of hydrogen-bond acceptors (Lipinski definition) is 12. The number of aromatic nitrogens is 7. The second kappa shape index (κ2) is 11.8. The molecule has 0 radical (unpaired) electrons. The van der Waals surface area contributed by atoms with E-state index in [-0.39, 0.29) is 18.4 Å². The molecule has 0 spiro atoms. The van der Waals surface area contributed by atoms with E-state index in [1.54, 1.807) is 42.0 Å². The van der Waals surface area contributed by atoms with Crippen LogP contribution in [0.3, 0.4) is 0 Å². The summed E-state index contributed by atoms with van der Waals surface area (Å²) in [5, 5.41) is 28.1. The SMILES string of the molecule is C[C@@H](CCO)c1nc(-c2cc(CN3CCOCC3)n(C)n2)c2cnc(Nc3ccnc(N4C=CN(C)C=C4O)n3)cn12. The Morgan fingerprint density at radius 1 is 1.10 bits per heavy atom. The van der Waals surface area contributed by atoms with Crippen molar-refractivity contribution in [2.75, 3.05) is 50.2 Å². The first kappa shape index (κ1) is 27.6. The Hall–Kier alpha value is -4.53. The summed E-state index contributed by atoms with van der Waals surface area (Å²) in [5.74, 6) is 2.18. The Labute approximate surface area is 243 Å². The van der Waals surface area contributed by atoms with Crippen molar-refractivity contribution in [1.29, 1.82) is 0 Å². The van der Waals surface area contributed by atoms with Gasteiger partial charge in [-0.15, -0.1) is 0 Å². The number of morpholine rings is 1. The predicted molar refractivity (Wildman–Crippen MR) is 157 cm³/mol. The van der Waals surface area contributed by atoms with E-state index in [0.717, 1.165) is 61.3 Å². The molecule has 0 amide bonds. The molecule has 0 bridgehead atoms. The van der Waals surface area contributed by atoms with Gasteiger partial charge in [-0.25, -0.2) is 15.0 Å². The van der Waals surface area contributed by atoms with E-state index >= 15 is 0 Å². The summed E-state index contributed by atoms with van der Waals surface area (Å²) < 4.78 is 9.40. The number of nitrogens with one attached hydrogen (secondary N) is 1. The Morgan fingerprint density at radius 2 is 1.93 bits per heavy atom. The van der Waals surface area contributed by atoms with Gasteiger partial charge in [-0.05, 0) is 18.6 Å². The molecule has 1 fully saturated rings. The third kappa shape index (κ3) is 5.64. The maximum Gasteiger partial charge on any atom is 0.238 e. The van der Waals surface area contributed by atoms with Crippen LogP contribution in [-0.4, -0.2) is 94.1 Å². The molecule has 0 unspecified atom stereocenters. The van der Waals surface area contributed by atoms with Gasteiger partial charge in [-0.2, -0.15) is 10.1 Å². The van der Waals surface area contributed by atoms with Crippen LogP contribution in [0.1, 0.15) is 30.8 Å². The van der Waals surface area contributed by atoms with Crippen LogP contribution < -0.4 is 10.2 Å². The Bertz CT molecular complexity index is 1620. The largest absolute Gasteiger partial charge is 0.493 e. The summed E-state index contributed by atoms with van der Waals surface area (Å²) in [4.78, 5) is 24.1. The number of fused-ring (bicyclic) bond motifs is 1. The molecule has 6 rings (SSSR count). The molecule has 2 aliphatic heterocycles. The number of rotatable bonds is 9. The lowest BCUT2D eigenvalue weighted by molar-refractivity contribution is 0.0331. The Morgan fingerprint density at radius 3 is 2.71 bits per heavy atom. The summed E-state index contributed by atoms with van der Waals surface area (Å²) in [6.07, 6.45) is 10.9. The van der Waals surface area contributed by atoms with E-state index in [4.69, 9.17) is 14.8 Å². The van der Waals surface area contributed by atoms with Gasteiger partial charge in [0.15, 0.2) is 0 Å². The molecular weight excluding hydrogens is 538 g/mol. The van der Waals surface area contributed by atoms with Crippen molar-refractivity contribution >= 4 is 23.1 Å². The third-order valence-corrected chi connectivity index (χ3v) is 7.40. The van der Waals surface area contributed by atoms with Crippen molar-refractivity contribution in [1.82, 2.24) is 43.9 Å². The molecule has 3 N–H and O–H groups in total. The minimum atomic E-state index is -0.00697. The maximum atomic E-state index is 10.4. The zero-order valence-electron chi connectivity index (χ0n) is 23.9. The van der Waals surface area contributed by atoms with Crippen molar-refractivity contribution < 1.29 is 14.9 Å². The molecule has 14 nitrogen and oxygen atoms in total. The molecule has 0 saturated carbocycles. The van der Waals surface area contributed by atoms with Gasteiger partial charge in [0, 0.05) is 64.9 Å². The Balaban J connectivity index is 1.31. The maximum absolute atomic E-state index is 10.4. The smallest absolute Gasteiger partial charge is 0.238 e. The highest BCUT2D eigenvalue weighted by molar-refractivity contribution is 5.76. The third-order valence-electron chi connectivity index (χ3n) is 7.40. The van der Waals surface area contributed by atoms with Gasteiger partial charge in [0.25, 0.3) is 0 Å². The van der Waals surface area contributed by atoms with Crippen molar-refractivity contribution in [3.05, 3.63) is 66.7 Å². The van der Waals surface area contributed by atoms with Gasteiger partial charge in [-0.3, -0.25) is 18.9 Å². The number of ether oxygens (including phenoxy) is 1. The van der Waals surface area contributed by atoms with E-state index in [9.17, 15) is 10.2 Å². The van der Waals surface area contributed by atoms with E-state index in [1.165, 1.54) is 4.90 Å². The number of nitrogens with zero attached hydrogens (tertiary/aromatic N) is 10. The molecule has 220 valence electrons. The van der Waals surface area contributed by atoms with Gasteiger partial charge >= 0.3 is 0 Å². The summed E-state index contributed by atoms with van der Waals surface area (Å²) in [6.45, 7) is 6.17. The number of hydrogen-bond donors (Lipinski definition) is 3. The van der Waals surface area contributed by atoms with Gasteiger partial charge in [0.2, 0.25) is 11.8 Å². The minimum Gasteiger partial charge on any atom is -0.493 e. The topological polar surface area (TPSA) is 145 Å². The number of aliphatic hydroxyl groups excluding tert-OH is 2.